The van der Waals surface area contributed by atoms with E-state index >= 15 is 0 Å². The number of carbonyl (C=O) groups excluding carboxylic acids is 1. The van der Waals surface area contributed by atoms with Gasteiger partial charge in [0.25, 0.3) is 5.91 Å². The van der Waals surface area contributed by atoms with E-state index in [9.17, 15) is 9.90 Å². The van der Waals surface area contributed by atoms with Gasteiger partial charge in [0.15, 0.2) is 0 Å². The van der Waals surface area contributed by atoms with Gasteiger partial charge in [-0.2, -0.15) is 10.1 Å². The Labute approximate surface area is 226 Å². The van der Waals surface area contributed by atoms with Gasteiger partial charge in [0.2, 0.25) is 5.95 Å². The fourth-order valence-corrected chi connectivity index (χ4v) is 5.23. The molecule has 5 N–H and O–H groups in total. The van der Waals surface area contributed by atoms with Crippen molar-refractivity contribution in [1.29, 1.82) is 0 Å². The van der Waals surface area contributed by atoms with Crippen LogP contribution in [0.4, 0.5) is 17.5 Å². The van der Waals surface area contributed by atoms with Crippen molar-refractivity contribution in [1.82, 2.24) is 30.4 Å². The Kier molecular flexibility index (Phi) is 7.20. The molecular formula is C29H32N8O2. The van der Waals surface area contributed by atoms with E-state index in [4.69, 9.17) is 4.98 Å². The second-order valence-corrected chi connectivity index (χ2v) is 9.94. The van der Waals surface area contributed by atoms with Crippen LogP contribution < -0.4 is 21.3 Å². The van der Waals surface area contributed by atoms with Crippen molar-refractivity contribution in [2.24, 2.45) is 0 Å². The Morgan fingerprint density at radius 3 is 2.72 bits per heavy atom. The Hall–Kier alpha value is -4.28. The highest BCUT2D eigenvalue weighted by Gasteiger charge is 2.21. The maximum absolute atomic E-state index is 12.1. The van der Waals surface area contributed by atoms with E-state index in [0.29, 0.717) is 29.9 Å². The zero-order valence-corrected chi connectivity index (χ0v) is 21.6. The third-order valence-corrected chi connectivity index (χ3v) is 7.37. The molecule has 0 aliphatic carbocycles. The predicted molar refractivity (Wildman–Crippen MR) is 150 cm³/mol. The molecule has 0 radical (unpaired) electrons. The highest BCUT2D eigenvalue weighted by molar-refractivity contribution is 5.97. The summed E-state index contributed by atoms with van der Waals surface area (Å²) in [5.41, 5.74) is 5.17. The van der Waals surface area contributed by atoms with Gasteiger partial charge in [-0.25, -0.2) is 4.98 Å². The minimum Gasteiger partial charge on any atom is -0.394 e. The van der Waals surface area contributed by atoms with Crippen LogP contribution in [0.15, 0.2) is 67.1 Å². The van der Waals surface area contributed by atoms with Gasteiger partial charge in [-0.05, 0) is 61.7 Å². The van der Waals surface area contributed by atoms with Crippen LogP contribution in [0, 0.1) is 0 Å². The van der Waals surface area contributed by atoms with Crippen molar-refractivity contribution >= 4 is 23.4 Å². The molecule has 2 aromatic heterocycles. The van der Waals surface area contributed by atoms with E-state index in [2.05, 4.69) is 37.5 Å². The van der Waals surface area contributed by atoms with Gasteiger partial charge in [-0.3, -0.25) is 9.48 Å². The Morgan fingerprint density at radius 2 is 1.90 bits per heavy atom. The predicted octanol–water partition coefficient (Wildman–Crippen LogP) is 3.44. The lowest BCUT2D eigenvalue weighted by Gasteiger charge is -2.23. The van der Waals surface area contributed by atoms with Crippen LogP contribution in [-0.2, 0) is 6.42 Å². The lowest BCUT2D eigenvalue weighted by Crippen LogP contribution is -2.31. The molecule has 6 rings (SSSR count). The summed E-state index contributed by atoms with van der Waals surface area (Å²) < 4.78 is 2.04. The molecule has 4 aromatic rings. The lowest BCUT2D eigenvalue weighted by molar-refractivity contribution is 0.0946. The molecule has 1 fully saturated rings. The molecule has 1 amide bonds. The van der Waals surface area contributed by atoms with Crippen molar-refractivity contribution in [2.45, 2.75) is 31.3 Å². The minimum absolute atomic E-state index is 0.0455. The number of aliphatic hydroxyl groups excluding tert-OH is 1. The molecule has 10 nitrogen and oxygen atoms in total. The molecule has 2 aromatic carbocycles. The van der Waals surface area contributed by atoms with E-state index < -0.39 is 0 Å². The fraction of sp³-hybridized carbons (Fsp3) is 0.310. The third kappa shape index (κ3) is 5.47. The second-order valence-electron chi connectivity index (χ2n) is 9.94. The number of rotatable bonds is 8. The molecule has 200 valence electrons. The summed E-state index contributed by atoms with van der Waals surface area (Å²) in [6.45, 7) is 2.50. The summed E-state index contributed by atoms with van der Waals surface area (Å²) in [7, 11) is 0. The first-order chi connectivity index (χ1) is 19.2. The molecule has 2 aliphatic heterocycles. The molecule has 0 bridgehead atoms. The average molecular weight is 525 g/mol. The third-order valence-electron chi connectivity index (χ3n) is 7.37. The molecule has 0 spiro atoms. The number of carbonyl (C=O) groups is 1. The number of nitrogens with zero attached hydrogens (tertiary/aromatic N) is 4. The largest absolute Gasteiger partial charge is 0.394 e. The molecule has 0 unspecified atom stereocenters. The first-order valence-corrected chi connectivity index (χ1v) is 13.4. The van der Waals surface area contributed by atoms with Crippen LogP contribution in [0.2, 0.25) is 0 Å². The second kappa shape index (κ2) is 11.2. The van der Waals surface area contributed by atoms with Crippen LogP contribution in [-0.4, -0.2) is 57.0 Å². The number of amides is 1. The van der Waals surface area contributed by atoms with Crippen LogP contribution in [0.5, 0.6) is 0 Å². The van der Waals surface area contributed by atoms with E-state index in [-0.39, 0.29) is 18.6 Å². The van der Waals surface area contributed by atoms with E-state index in [0.717, 1.165) is 60.3 Å². The molecule has 2 aliphatic rings. The summed E-state index contributed by atoms with van der Waals surface area (Å²) in [6.07, 6.45) is 8.54. The van der Waals surface area contributed by atoms with E-state index in [1.165, 1.54) is 0 Å². The molecule has 1 atom stereocenters. The number of hydrogen-bond donors (Lipinski definition) is 5. The monoisotopic (exact) mass is 524 g/mol. The zero-order valence-electron chi connectivity index (χ0n) is 21.6. The summed E-state index contributed by atoms with van der Waals surface area (Å²) in [6, 6.07) is 15.5. The number of hydrogen-bond acceptors (Lipinski definition) is 8. The molecule has 1 saturated heterocycles. The maximum atomic E-state index is 12.1. The maximum Gasteiger partial charge on any atom is 0.251 e. The standard InChI is InChI=1S/C29H32N8O2/c38-18-26(19-4-2-1-3-5-19)35-27-25(21-15-33-37(17-21)23-9-11-30-12-10-23)16-32-29(36-27)34-22-6-7-24-20(14-22)8-13-31-28(24)39/h1-7,14-17,23,26,30,38H,8-13,18H2,(H,31,39)(H2,32,34,35,36)/t26-/m1/s1. The summed E-state index contributed by atoms with van der Waals surface area (Å²) in [4.78, 5) is 21.6. The Morgan fingerprint density at radius 1 is 1.05 bits per heavy atom. The Balaban J connectivity index is 1.32. The number of piperidine rings is 1. The van der Waals surface area contributed by atoms with Gasteiger partial charge >= 0.3 is 0 Å². The number of nitrogens with one attached hydrogen (secondary N) is 4. The van der Waals surface area contributed by atoms with E-state index in [1.807, 2.05) is 59.4 Å². The van der Waals surface area contributed by atoms with Crippen molar-refractivity contribution in [2.75, 3.05) is 36.9 Å². The quantitative estimate of drug-likeness (QED) is 0.237. The lowest BCUT2D eigenvalue weighted by atomic mass is 10.00. The minimum atomic E-state index is -0.352. The highest BCUT2D eigenvalue weighted by atomic mass is 16.3. The molecule has 0 saturated carbocycles. The van der Waals surface area contributed by atoms with Gasteiger partial charge in [0, 0.05) is 41.3 Å². The normalized spacial score (nSPS) is 16.3. The van der Waals surface area contributed by atoms with Gasteiger partial charge in [-0.15, -0.1) is 0 Å². The van der Waals surface area contributed by atoms with Gasteiger partial charge < -0.3 is 26.4 Å². The molecular weight excluding hydrogens is 492 g/mol. The SMILES string of the molecule is O=C1NCCc2cc(Nc3ncc(-c4cnn(C5CCNCC5)c4)c(N[C@H](CO)c4ccccc4)n3)ccc21. The topological polar surface area (TPSA) is 129 Å². The summed E-state index contributed by atoms with van der Waals surface area (Å²) >= 11 is 0. The van der Waals surface area contributed by atoms with Gasteiger partial charge in [0.05, 0.1) is 24.9 Å². The smallest absolute Gasteiger partial charge is 0.251 e. The number of aliphatic hydroxyl groups is 1. The van der Waals surface area contributed by atoms with Crippen LogP contribution in [0.25, 0.3) is 11.1 Å². The Bertz CT molecular complexity index is 1450. The van der Waals surface area contributed by atoms with Crippen molar-refractivity contribution < 1.29 is 9.90 Å². The zero-order chi connectivity index (χ0) is 26.6. The van der Waals surface area contributed by atoms with Crippen LogP contribution >= 0.6 is 0 Å². The van der Waals surface area contributed by atoms with Crippen molar-refractivity contribution in [3.63, 3.8) is 0 Å². The fourth-order valence-electron chi connectivity index (χ4n) is 5.23. The first-order valence-electron chi connectivity index (χ1n) is 13.4. The average Bonchev–Trinajstić information content (AvgIpc) is 3.47. The van der Waals surface area contributed by atoms with Gasteiger partial charge in [-0.1, -0.05) is 30.3 Å². The summed E-state index contributed by atoms with van der Waals surface area (Å²) in [5, 5.41) is 27.9. The first kappa shape index (κ1) is 25.0. The number of aromatic nitrogens is 4. The highest BCUT2D eigenvalue weighted by Crippen LogP contribution is 2.32. The van der Waals surface area contributed by atoms with Crippen LogP contribution in [0.1, 0.15) is 46.4 Å². The molecule has 39 heavy (non-hydrogen) atoms. The van der Waals surface area contributed by atoms with Crippen molar-refractivity contribution in [3.8, 4) is 11.1 Å². The van der Waals surface area contributed by atoms with E-state index in [1.54, 1.807) is 6.20 Å². The van der Waals surface area contributed by atoms with Crippen LogP contribution in [0.3, 0.4) is 0 Å². The number of fused-ring (bicyclic) bond motifs is 1. The number of benzene rings is 2. The number of anilines is 3. The molecule has 10 heteroatoms. The molecule has 4 heterocycles. The van der Waals surface area contributed by atoms with Crippen molar-refractivity contribution in [3.05, 3.63) is 83.8 Å². The van der Waals surface area contributed by atoms with Gasteiger partial charge in [0.1, 0.15) is 5.82 Å². The summed E-state index contributed by atoms with van der Waals surface area (Å²) in [5.74, 6) is 0.963.